The molecule has 28 heavy (non-hydrogen) atoms. The molecule has 7 heteroatoms. The van der Waals surface area contributed by atoms with Crippen molar-refractivity contribution in [1.82, 2.24) is 0 Å². The molecule has 0 atom stereocenters. The SMILES string of the molecule is CC(=NOCc1ccc(C(F)(F)F)cc1)c1ccc(OCc2ccco2)cc1. The topological polar surface area (TPSA) is 44.0 Å². The van der Waals surface area contributed by atoms with Gasteiger partial charge in [-0.1, -0.05) is 17.3 Å². The minimum atomic E-state index is -4.35. The summed E-state index contributed by atoms with van der Waals surface area (Å²) in [5.41, 5.74) is 1.40. The summed E-state index contributed by atoms with van der Waals surface area (Å²) >= 11 is 0. The lowest BCUT2D eigenvalue weighted by atomic mass is 10.1. The third-order valence-corrected chi connectivity index (χ3v) is 3.95. The molecule has 3 rings (SSSR count). The molecule has 0 aliphatic heterocycles. The van der Waals surface area contributed by atoms with Crippen LogP contribution < -0.4 is 4.74 Å². The fraction of sp³-hybridized carbons (Fsp3) is 0.190. The average molecular weight is 389 g/mol. The number of halogens is 3. The standard InChI is InChI=1S/C21H18F3NO3/c1-15(25-28-13-16-4-8-18(9-5-16)21(22,23)24)17-6-10-19(11-7-17)27-14-20-3-2-12-26-20/h2-12H,13-14H2,1H3. The Morgan fingerprint density at radius 3 is 2.29 bits per heavy atom. The van der Waals surface area contributed by atoms with Crippen LogP contribution in [0.3, 0.4) is 0 Å². The van der Waals surface area contributed by atoms with Crippen LogP contribution in [0.2, 0.25) is 0 Å². The Kier molecular flexibility index (Phi) is 6.03. The summed E-state index contributed by atoms with van der Waals surface area (Å²) in [4.78, 5) is 5.25. The molecule has 0 saturated heterocycles. The van der Waals surface area contributed by atoms with Crippen LogP contribution in [-0.4, -0.2) is 5.71 Å². The molecule has 0 radical (unpaired) electrons. The summed E-state index contributed by atoms with van der Waals surface area (Å²) in [6.45, 7) is 2.21. The fourth-order valence-electron chi connectivity index (χ4n) is 2.39. The molecule has 0 saturated carbocycles. The molecule has 3 aromatic rings. The molecular weight excluding hydrogens is 371 g/mol. The molecule has 0 bridgehead atoms. The van der Waals surface area contributed by atoms with Gasteiger partial charge in [-0.05, 0) is 66.6 Å². The van der Waals surface area contributed by atoms with Crippen molar-refractivity contribution >= 4 is 5.71 Å². The lowest BCUT2D eigenvalue weighted by Crippen LogP contribution is -2.04. The number of oxime groups is 1. The Morgan fingerprint density at radius 2 is 1.68 bits per heavy atom. The lowest BCUT2D eigenvalue weighted by Gasteiger charge is -2.08. The van der Waals surface area contributed by atoms with Crippen LogP contribution in [0.15, 0.2) is 76.5 Å². The second-order valence-electron chi connectivity index (χ2n) is 6.04. The average Bonchev–Trinajstić information content (AvgIpc) is 3.20. The van der Waals surface area contributed by atoms with E-state index in [0.717, 1.165) is 23.5 Å². The molecule has 0 aliphatic rings. The third kappa shape index (κ3) is 5.39. The van der Waals surface area contributed by atoms with Crippen molar-refractivity contribution in [3.63, 3.8) is 0 Å². The molecule has 0 spiro atoms. The predicted molar refractivity (Wildman–Crippen MR) is 97.9 cm³/mol. The van der Waals surface area contributed by atoms with Gasteiger partial charge >= 0.3 is 6.18 Å². The van der Waals surface area contributed by atoms with Crippen LogP contribution in [-0.2, 0) is 24.2 Å². The maximum absolute atomic E-state index is 12.5. The minimum absolute atomic E-state index is 0.0832. The van der Waals surface area contributed by atoms with Crippen LogP contribution in [0, 0.1) is 0 Å². The number of hydrogen-bond acceptors (Lipinski definition) is 4. The van der Waals surface area contributed by atoms with Crippen molar-refractivity contribution in [2.45, 2.75) is 26.3 Å². The maximum Gasteiger partial charge on any atom is 0.416 e. The highest BCUT2D eigenvalue weighted by molar-refractivity contribution is 5.98. The molecule has 1 heterocycles. The van der Waals surface area contributed by atoms with Gasteiger partial charge in [-0.25, -0.2) is 0 Å². The van der Waals surface area contributed by atoms with Crippen molar-refractivity contribution in [2.24, 2.45) is 5.16 Å². The van der Waals surface area contributed by atoms with Gasteiger partial charge in [-0.2, -0.15) is 13.2 Å². The summed E-state index contributed by atoms with van der Waals surface area (Å²) in [5.74, 6) is 1.43. The monoisotopic (exact) mass is 389 g/mol. The first-order valence-corrected chi connectivity index (χ1v) is 8.50. The zero-order valence-corrected chi connectivity index (χ0v) is 15.1. The molecule has 0 aliphatic carbocycles. The normalized spacial score (nSPS) is 12.1. The third-order valence-electron chi connectivity index (χ3n) is 3.95. The van der Waals surface area contributed by atoms with E-state index >= 15 is 0 Å². The van der Waals surface area contributed by atoms with Gasteiger partial charge in [0, 0.05) is 0 Å². The molecule has 0 unspecified atom stereocenters. The number of rotatable bonds is 7. The van der Waals surface area contributed by atoms with Gasteiger partial charge < -0.3 is 14.0 Å². The summed E-state index contributed by atoms with van der Waals surface area (Å²) in [6, 6.07) is 15.7. The number of ether oxygens (including phenoxy) is 1. The van der Waals surface area contributed by atoms with E-state index in [4.69, 9.17) is 14.0 Å². The minimum Gasteiger partial charge on any atom is -0.486 e. The zero-order valence-electron chi connectivity index (χ0n) is 15.1. The van der Waals surface area contributed by atoms with Crippen molar-refractivity contribution in [3.05, 3.63) is 89.4 Å². The highest BCUT2D eigenvalue weighted by Gasteiger charge is 2.29. The van der Waals surface area contributed by atoms with Gasteiger partial charge in [0.25, 0.3) is 0 Å². The number of nitrogens with zero attached hydrogens (tertiary/aromatic N) is 1. The molecule has 0 fully saturated rings. The van der Waals surface area contributed by atoms with Crippen LogP contribution in [0.4, 0.5) is 13.2 Å². The zero-order chi connectivity index (χ0) is 20.0. The molecular formula is C21H18F3NO3. The Hall–Kier alpha value is -3.22. The molecule has 1 aromatic heterocycles. The predicted octanol–water partition coefficient (Wildman–Crippen LogP) is 5.82. The van der Waals surface area contributed by atoms with Gasteiger partial charge in [0.15, 0.2) is 0 Å². The molecule has 0 N–H and O–H groups in total. The number of furan rings is 1. The Bertz CT molecular complexity index is 900. The Balaban J connectivity index is 1.51. The van der Waals surface area contributed by atoms with Crippen molar-refractivity contribution in [2.75, 3.05) is 0 Å². The fourth-order valence-corrected chi connectivity index (χ4v) is 2.39. The first-order chi connectivity index (χ1) is 13.4. The van der Waals surface area contributed by atoms with E-state index in [1.165, 1.54) is 12.1 Å². The van der Waals surface area contributed by atoms with Gasteiger partial charge in [-0.15, -0.1) is 0 Å². The molecule has 0 amide bonds. The summed E-state index contributed by atoms with van der Waals surface area (Å²) < 4.78 is 48.5. The highest BCUT2D eigenvalue weighted by atomic mass is 19.4. The lowest BCUT2D eigenvalue weighted by molar-refractivity contribution is -0.137. The van der Waals surface area contributed by atoms with Crippen LogP contribution >= 0.6 is 0 Å². The molecule has 146 valence electrons. The largest absolute Gasteiger partial charge is 0.486 e. The second kappa shape index (κ2) is 8.65. The second-order valence-corrected chi connectivity index (χ2v) is 6.04. The summed E-state index contributed by atoms with van der Waals surface area (Å²) in [6.07, 6.45) is -2.76. The highest BCUT2D eigenvalue weighted by Crippen LogP contribution is 2.29. The van der Waals surface area contributed by atoms with Gasteiger partial charge in [0.1, 0.15) is 24.7 Å². The quantitative estimate of drug-likeness (QED) is 0.378. The Morgan fingerprint density at radius 1 is 0.964 bits per heavy atom. The van der Waals surface area contributed by atoms with E-state index in [1.54, 1.807) is 19.3 Å². The first-order valence-electron chi connectivity index (χ1n) is 8.50. The van der Waals surface area contributed by atoms with E-state index in [-0.39, 0.29) is 6.61 Å². The first kappa shape index (κ1) is 19.5. The van der Waals surface area contributed by atoms with E-state index in [2.05, 4.69) is 5.16 Å². The van der Waals surface area contributed by atoms with Gasteiger partial charge in [-0.3, -0.25) is 0 Å². The van der Waals surface area contributed by atoms with E-state index < -0.39 is 11.7 Å². The van der Waals surface area contributed by atoms with Gasteiger partial charge in [0.2, 0.25) is 0 Å². The van der Waals surface area contributed by atoms with Crippen molar-refractivity contribution in [1.29, 1.82) is 0 Å². The number of benzene rings is 2. The Labute approximate surface area is 160 Å². The summed E-state index contributed by atoms with van der Waals surface area (Å²) in [7, 11) is 0. The smallest absolute Gasteiger partial charge is 0.416 e. The van der Waals surface area contributed by atoms with Crippen molar-refractivity contribution < 1.29 is 27.2 Å². The van der Waals surface area contributed by atoms with Crippen LogP contribution in [0.1, 0.15) is 29.4 Å². The summed E-state index contributed by atoms with van der Waals surface area (Å²) in [5, 5.41) is 4.02. The van der Waals surface area contributed by atoms with Crippen molar-refractivity contribution in [3.8, 4) is 5.75 Å². The molecule has 4 nitrogen and oxygen atoms in total. The number of hydrogen-bond donors (Lipinski definition) is 0. The van der Waals surface area contributed by atoms with Crippen LogP contribution in [0.5, 0.6) is 5.75 Å². The van der Waals surface area contributed by atoms with E-state index in [0.29, 0.717) is 23.6 Å². The van der Waals surface area contributed by atoms with Gasteiger partial charge in [0.05, 0.1) is 17.5 Å². The number of alkyl halides is 3. The maximum atomic E-state index is 12.5. The van der Waals surface area contributed by atoms with E-state index in [1.807, 2.05) is 30.3 Å². The van der Waals surface area contributed by atoms with E-state index in [9.17, 15) is 13.2 Å². The molecule has 2 aromatic carbocycles. The van der Waals surface area contributed by atoms with Crippen LogP contribution in [0.25, 0.3) is 0 Å².